The zero-order chi connectivity index (χ0) is 15.6. The van der Waals surface area contributed by atoms with Gasteiger partial charge in [0.15, 0.2) is 9.84 Å². The molecular weight excluding hydrogens is 298 g/mol. The summed E-state index contributed by atoms with van der Waals surface area (Å²) < 4.78 is 22.7. The van der Waals surface area contributed by atoms with Crippen molar-refractivity contribution in [1.29, 1.82) is 0 Å². The first-order valence-corrected chi connectivity index (χ1v) is 8.13. The molecule has 1 aromatic rings. The Morgan fingerprint density at radius 1 is 1.33 bits per heavy atom. The summed E-state index contributed by atoms with van der Waals surface area (Å²) in [7, 11) is -1.58. The van der Waals surface area contributed by atoms with Gasteiger partial charge < -0.3 is 10.2 Å². The number of nitro benzene ring substituents is 1. The molecule has 0 aromatic heterocycles. The quantitative estimate of drug-likeness (QED) is 0.643. The average molecular weight is 313 g/mol. The Labute approximate surface area is 121 Å². The molecule has 1 aliphatic heterocycles. The zero-order valence-corrected chi connectivity index (χ0v) is 12.2. The standard InChI is InChI=1S/C12H15N3O5S/c1-13-10-4-2-3-9(11(10)15(17)18)12(16)14-5-7-21(19,20)8-6-14/h2-4,13H,5-8H2,1H3. The van der Waals surface area contributed by atoms with Crippen LogP contribution in [0.4, 0.5) is 11.4 Å². The number of rotatable bonds is 3. The van der Waals surface area contributed by atoms with Crippen molar-refractivity contribution in [2.45, 2.75) is 0 Å². The summed E-state index contributed by atoms with van der Waals surface area (Å²) in [4.78, 5) is 24.3. The lowest BCUT2D eigenvalue weighted by molar-refractivity contribution is -0.384. The molecule has 1 aliphatic rings. The van der Waals surface area contributed by atoms with E-state index in [1.165, 1.54) is 24.1 Å². The van der Waals surface area contributed by atoms with E-state index in [4.69, 9.17) is 0 Å². The Bertz CT molecular complexity index is 672. The van der Waals surface area contributed by atoms with Crippen molar-refractivity contribution in [3.05, 3.63) is 33.9 Å². The second-order valence-electron chi connectivity index (χ2n) is 4.65. The van der Waals surface area contributed by atoms with E-state index in [-0.39, 0.29) is 41.5 Å². The maximum Gasteiger partial charge on any atom is 0.305 e. The van der Waals surface area contributed by atoms with Crippen molar-refractivity contribution in [2.75, 3.05) is 37.0 Å². The molecule has 0 atom stereocenters. The van der Waals surface area contributed by atoms with Crippen LogP contribution in [-0.4, -0.2) is 55.8 Å². The van der Waals surface area contributed by atoms with Gasteiger partial charge in [-0.25, -0.2) is 8.42 Å². The lowest BCUT2D eigenvalue weighted by Crippen LogP contribution is -2.43. The highest BCUT2D eigenvalue weighted by atomic mass is 32.2. The first kappa shape index (κ1) is 15.2. The first-order chi connectivity index (χ1) is 9.85. The minimum Gasteiger partial charge on any atom is -0.383 e. The number of amides is 1. The summed E-state index contributed by atoms with van der Waals surface area (Å²) in [5, 5.41) is 13.9. The van der Waals surface area contributed by atoms with Gasteiger partial charge in [-0.15, -0.1) is 0 Å². The van der Waals surface area contributed by atoms with Crippen LogP contribution in [0.3, 0.4) is 0 Å². The molecule has 1 saturated heterocycles. The molecule has 1 heterocycles. The molecule has 8 nitrogen and oxygen atoms in total. The van der Waals surface area contributed by atoms with Crippen LogP contribution in [-0.2, 0) is 9.84 Å². The first-order valence-electron chi connectivity index (χ1n) is 6.30. The van der Waals surface area contributed by atoms with Crippen LogP contribution >= 0.6 is 0 Å². The predicted octanol–water partition coefficient (Wildman–Crippen LogP) is 0.507. The maximum absolute atomic E-state index is 12.4. The van der Waals surface area contributed by atoms with E-state index in [9.17, 15) is 23.3 Å². The lowest BCUT2D eigenvalue weighted by Gasteiger charge is -2.26. The summed E-state index contributed by atoms with van der Waals surface area (Å²) in [6.07, 6.45) is 0. The third kappa shape index (κ3) is 3.13. The fraction of sp³-hybridized carbons (Fsp3) is 0.417. The number of hydrogen-bond acceptors (Lipinski definition) is 6. The molecule has 2 rings (SSSR count). The van der Waals surface area contributed by atoms with Crippen LogP contribution in [0.2, 0.25) is 0 Å². The van der Waals surface area contributed by atoms with Gasteiger partial charge in [0.1, 0.15) is 11.3 Å². The molecule has 1 aromatic carbocycles. The molecule has 9 heteroatoms. The number of carbonyl (C=O) groups excluding carboxylic acids is 1. The molecule has 0 aliphatic carbocycles. The van der Waals surface area contributed by atoms with E-state index in [2.05, 4.69) is 5.32 Å². The molecule has 1 N–H and O–H groups in total. The molecule has 0 bridgehead atoms. The Kier molecular flexibility index (Phi) is 4.12. The molecule has 0 unspecified atom stereocenters. The Balaban J connectivity index is 2.34. The van der Waals surface area contributed by atoms with Crippen molar-refractivity contribution < 1.29 is 18.1 Å². The van der Waals surface area contributed by atoms with Gasteiger partial charge in [-0.3, -0.25) is 14.9 Å². The van der Waals surface area contributed by atoms with Crippen molar-refractivity contribution in [3.8, 4) is 0 Å². The topological polar surface area (TPSA) is 110 Å². The van der Waals surface area contributed by atoms with E-state index in [0.717, 1.165) is 0 Å². The van der Waals surface area contributed by atoms with Crippen molar-refractivity contribution in [1.82, 2.24) is 4.90 Å². The van der Waals surface area contributed by atoms with E-state index >= 15 is 0 Å². The van der Waals surface area contributed by atoms with Crippen molar-refractivity contribution in [2.24, 2.45) is 0 Å². The minimum atomic E-state index is -3.11. The van der Waals surface area contributed by atoms with Gasteiger partial charge >= 0.3 is 5.69 Å². The average Bonchev–Trinajstić information content (AvgIpc) is 2.45. The van der Waals surface area contributed by atoms with Crippen LogP contribution in [0.25, 0.3) is 0 Å². The summed E-state index contributed by atoms with van der Waals surface area (Å²) in [6.45, 7) is 0.115. The number of carbonyl (C=O) groups is 1. The van der Waals surface area contributed by atoms with Gasteiger partial charge in [-0.2, -0.15) is 0 Å². The number of hydrogen-bond donors (Lipinski definition) is 1. The highest BCUT2D eigenvalue weighted by Crippen LogP contribution is 2.29. The predicted molar refractivity (Wildman–Crippen MR) is 77.2 cm³/mol. The van der Waals surface area contributed by atoms with Gasteiger partial charge in [0, 0.05) is 20.1 Å². The second kappa shape index (κ2) is 5.68. The number of para-hydroxylation sites is 1. The third-order valence-corrected chi connectivity index (χ3v) is 4.96. The van der Waals surface area contributed by atoms with Gasteiger partial charge in [0.05, 0.1) is 16.4 Å². The van der Waals surface area contributed by atoms with Crippen LogP contribution in [0.1, 0.15) is 10.4 Å². The van der Waals surface area contributed by atoms with Crippen LogP contribution < -0.4 is 5.32 Å². The van der Waals surface area contributed by atoms with Gasteiger partial charge in [-0.1, -0.05) is 6.07 Å². The largest absolute Gasteiger partial charge is 0.383 e. The van der Waals surface area contributed by atoms with E-state index in [1.54, 1.807) is 6.07 Å². The molecule has 0 spiro atoms. The van der Waals surface area contributed by atoms with Crippen molar-refractivity contribution >= 4 is 27.1 Å². The molecule has 0 radical (unpaired) electrons. The highest BCUT2D eigenvalue weighted by Gasteiger charge is 2.31. The second-order valence-corrected chi connectivity index (χ2v) is 6.96. The normalized spacial score (nSPS) is 17.3. The molecule has 1 amide bonds. The molecule has 1 fully saturated rings. The number of nitrogens with zero attached hydrogens (tertiary/aromatic N) is 2. The molecule has 114 valence electrons. The zero-order valence-electron chi connectivity index (χ0n) is 11.4. The minimum absolute atomic E-state index is 0.0360. The van der Waals surface area contributed by atoms with E-state index in [1.807, 2.05) is 0 Å². The number of sulfone groups is 1. The Morgan fingerprint density at radius 2 is 1.95 bits per heavy atom. The highest BCUT2D eigenvalue weighted by molar-refractivity contribution is 7.91. The van der Waals surface area contributed by atoms with Crippen LogP contribution in [0.15, 0.2) is 18.2 Å². The van der Waals surface area contributed by atoms with Gasteiger partial charge in [0.25, 0.3) is 5.91 Å². The Morgan fingerprint density at radius 3 is 2.48 bits per heavy atom. The fourth-order valence-corrected chi connectivity index (χ4v) is 3.40. The number of anilines is 1. The Hall–Kier alpha value is -2.16. The summed E-state index contributed by atoms with van der Waals surface area (Å²) in [5.41, 5.74) is -0.0833. The molecule has 0 saturated carbocycles. The SMILES string of the molecule is CNc1cccc(C(=O)N2CCS(=O)(=O)CC2)c1[N+](=O)[O-]. The van der Waals surface area contributed by atoms with Crippen LogP contribution in [0, 0.1) is 10.1 Å². The summed E-state index contributed by atoms with van der Waals surface area (Å²) in [5.74, 6) is -0.745. The number of nitro groups is 1. The van der Waals surface area contributed by atoms with E-state index in [0.29, 0.717) is 0 Å². The maximum atomic E-state index is 12.4. The van der Waals surface area contributed by atoms with Gasteiger partial charge in [0.2, 0.25) is 0 Å². The fourth-order valence-electron chi connectivity index (χ4n) is 2.20. The monoisotopic (exact) mass is 313 g/mol. The lowest BCUT2D eigenvalue weighted by atomic mass is 10.1. The smallest absolute Gasteiger partial charge is 0.305 e. The summed E-state index contributed by atoms with van der Waals surface area (Å²) in [6, 6.07) is 4.44. The van der Waals surface area contributed by atoms with E-state index < -0.39 is 20.7 Å². The molecular formula is C12H15N3O5S. The van der Waals surface area contributed by atoms with Crippen molar-refractivity contribution in [3.63, 3.8) is 0 Å². The number of nitrogens with one attached hydrogen (secondary N) is 1. The summed E-state index contributed by atoms with van der Waals surface area (Å²) >= 11 is 0. The van der Waals surface area contributed by atoms with Crippen LogP contribution in [0.5, 0.6) is 0 Å². The molecule has 21 heavy (non-hydrogen) atoms. The third-order valence-electron chi connectivity index (χ3n) is 3.35. The number of benzene rings is 1. The van der Waals surface area contributed by atoms with Gasteiger partial charge in [-0.05, 0) is 12.1 Å².